The zero-order valence-electron chi connectivity index (χ0n) is 11.1. The van der Waals surface area contributed by atoms with Crippen molar-refractivity contribution < 1.29 is 9.72 Å². The second kappa shape index (κ2) is 5.07. The number of carbonyl (C=O) groups is 1. The van der Waals surface area contributed by atoms with Crippen molar-refractivity contribution in [1.29, 1.82) is 0 Å². The van der Waals surface area contributed by atoms with Crippen molar-refractivity contribution in [2.24, 2.45) is 5.92 Å². The molecule has 1 aromatic carbocycles. The van der Waals surface area contributed by atoms with Crippen molar-refractivity contribution in [3.05, 3.63) is 40.6 Å². The highest BCUT2D eigenvalue weighted by atomic mass is 16.6. The summed E-state index contributed by atoms with van der Waals surface area (Å²) in [5.74, 6) is 0.540. The standard InChI is InChI=1S/C15H16N2O3/c18-15-6-1-3-11(15)7-9-16-10-8-12-13(16)4-2-5-14(12)17(19)20/h2,4-5,8,10-11H,1,3,6-7,9H2. The Kier molecular flexibility index (Phi) is 3.26. The summed E-state index contributed by atoms with van der Waals surface area (Å²) in [6, 6.07) is 6.90. The lowest BCUT2D eigenvalue weighted by molar-refractivity contribution is -0.383. The average Bonchev–Trinajstić information content (AvgIpc) is 3.02. The molecular formula is C15H16N2O3. The summed E-state index contributed by atoms with van der Waals surface area (Å²) in [6.45, 7) is 0.737. The van der Waals surface area contributed by atoms with Crippen molar-refractivity contribution in [2.75, 3.05) is 0 Å². The molecule has 1 saturated carbocycles. The van der Waals surface area contributed by atoms with Gasteiger partial charge in [-0.3, -0.25) is 14.9 Å². The lowest BCUT2D eigenvalue weighted by atomic mass is 10.0. The van der Waals surface area contributed by atoms with Gasteiger partial charge >= 0.3 is 0 Å². The molecule has 1 fully saturated rings. The minimum atomic E-state index is -0.354. The van der Waals surface area contributed by atoms with Crippen LogP contribution in [0.25, 0.3) is 10.9 Å². The number of aryl methyl sites for hydroxylation is 1. The maximum absolute atomic E-state index is 11.6. The number of nitrogens with zero attached hydrogens (tertiary/aromatic N) is 2. The van der Waals surface area contributed by atoms with Gasteiger partial charge < -0.3 is 4.57 Å². The van der Waals surface area contributed by atoms with Gasteiger partial charge in [0.2, 0.25) is 0 Å². The molecule has 1 aliphatic rings. The number of hydrogen-bond acceptors (Lipinski definition) is 3. The predicted octanol–water partition coefficient (Wildman–Crippen LogP) is 3.31. The zero-order valence-corrected chi connectivity index (χ0v) is 11.1. The number of non-ortho nitro benzene ring substituents is 1. The number of aromatic nitrogens is 1. The lowest BCUT2D eigenvalue weighted by Crippen LogP contribution is -2.09. The number of nitro groups is 1. The smallest absolute Gasteiger partial charge is 0.278 e. The van der Waals surface area contributed by atoms with Crippen molar-refractivity contribution in [1.82, 2.24) is 4.57 Å². The zero-order chi connectivity index (χ0) is 14.1. The SMILES string of the molecule is O=C1CCCC1CCn1ccc2c([N+](=O)[O-])cccc21. The van der Waals surface area contributed by atoms with Crippen molar-refractivity contribution in [3.8, 4) is 0 Å². The first kappa shape index (κ1) is 12.8. The molecule has 0 bridgehead atoms. The summed E-state index contributed by atoms with van der Waals surface area (Å²) in [7, 11) is 0. The molecule has 0 amide bonds. The molecule has 0 aliphatic heterocycles. The van der Waals surface area contributed by atoms with E-state index < -0.39 is 0 Å². The van der Waals surface area contributed by atoms with Crippen molar-refractivity contribution in [2.45, 2.75) is 32.2 Å². The number of carbonyl (C=O) groups excluding carboxylic acids is 1. The van der Waals surface area contributed by atoms with Gasteiger partial charge in [-0.2, -0.15) is 0 Å². The summed E-state index contributed by atoms with van der Waals surface area (Å²) >= 11 is 0. The molecule has 1 atom stereocenters. The van der Waals surface area contributed by atoms with E-state index in [2.05, 4.69) is 0 Å². The molecule has 2 aromatic rings. The molecule has 0 saturated heterocycles. The number of fused-ring (bicyclic) bond motifs is 1. The van der Waals surface area contributed by atoms with E-state index in [0.717, 1.165) is 31.3 Å². The molecule has 3 rings (SSSR count). The fourth-order valence-electron chi connectivity index (χ4n) is 3.05. The molecule has 1 aliphatic carbocycles. The minimum absolute atomic E-state index is 0.137. The monoisotopic (exact) mass is 272 g/mol. The number of ketones is 1. The van der Waals surface area contributed by atoms with Gasteiger partial charge in [0, 0.05) is 31.1 Å². The van der Waals surface area contributed by atoms with Crippen LogP contribution in [0.1, 0.15) is 25.7 Å². The van der Waals surface area contributed by atoms with Crippen molar-refractivity contribution in [3.63, 3.8) is 0 Å². The second-order valence-corrected chi connectivity index (χ2v) is 5.32. The maximum atomic E-state index is 11.6. The fraction of sp³-hybridized carbons (Fsp3) is 0.400. The van der Waals surface area contributed by atoms with Gasteiger partial charge in [-0.1, -0.05) is 6.07 Å². The summed E-state index contributed by atoms with van der Waals surface area (Å²) in [6.07, 6.45) is 5.39. The molecule has 20 heavy (non-hydrogen) atoms. The summed E-state index contributed by atoms with van der Waals surface area (Å²) in [4.78, 5) is 22.3. The predicted molar refractivity (Wildman–Crippen MR) is 75.6 cm³/mol. The van der Waals surface area contributed by atoms with Gasteiger partial charge in [0.15, 0.2) is 0 Å². The minimum Gasteiger partial charge on any atom is -0.347 e. The Morgan fingerprint density at radius 1 is 1.35 bits per heavy atom. The molecular weight excluding hydrogens is 256 g/mol. The van der Waals surface area contributed by atoms with Crippen LogP contribution in [0.15, 0.2) is 30.5 Å². The van der Waals surface area contributed by atoms with Crippen LogP contribution in [0.3, 0.4) is 0 Å². The number of benzene rings is 1. The molecule has 1 aromatic heterocycles. The van der Waals surface area contributed by atoms with Gasteiger partial charge in [-0.25, -0.2) is 0 Å². The first-order valence-corrected chi connectivity index (χ1v) is 6.92. The summed E-state index contributed by atoms with van der Waals surface area (Å²) in [5, 5.41) is 11.6. The molecule has 5 nitrogen and oxygen atoms in total. The van der Waals surface area contributed by atoms with Crippen LogP contribution in [-0.2, 0) is 11.3 Å². The van der Waals surface area contributed by atoms with E-state index in [1.54, 1.807) is 12.1 Å². The van der Waals surface area contributed by atoms with Crippen LogP contribution in [0.4, 0.5) is 5.69 Å². The van der Waals surface area contributed by atoms with Crippen LogP contribution >= 0.6 is 0 Å². The van der Waals surface area contributed by atoms with Gasteiger partial charge in [0.25, 0.3) is 5.69 Å². The highest BCUT2D eigenvalue weighted by Gasteiger charge is 2.24. The van der Waals surface area contributed by atoms with E-state index in [4.69, 9.17) is 0 Å². The maximum Gasteiger partial charge on any atom is 0.278 e. The van der Waals surface area contributed by atoms with Gasteiger partial charge in [0.1, 0.15) is 5.78 Å². The molecule has 0 N–H and O–H groups in total. The largest absolute Gasteiger partial charge is 0.347 e. The number of nitro benzene ring substituents is 1. The third kappa shape index (κ3) is 2.19. The molecule has 0 spiro atoms. The van der Waals surface area contributed by atoms with Crippen molar-refractivity contribution >= 4 is 22.4 Å². The second-order valence-electron chi connectivity index (χ2n) is 5.32. The van der Waals surface area contributed by atoms with Crippen LogP contribution in [-0.4, -0.2) is 15.3 Å². The molecule has 104 valence electrons. The number of Topliss-reactive ketones (excluding diaryl/α,β-unsaturated/α-hetero) is 1. The summed E-state index contributed by atoms with van der Waals surface area (Å²) in [5.41, 5.74) is 1.00. The Bertz CT molecular complexity index is 675. The first-order valence-electron chi connectivity index (χ1n) is 6.92. The van der Waals surface area contributed by atoms with E-state index in [1.165, 1.54) is 6.07 Å². The average molecular weight is 272 g/mol. The van der Waals surface area contributed by atoms with E-state index in [-0.39, 0.29) is 16.5 Å². The van der Waals surface area contributed by atoms with E-state index in [1.807, 2.05) is 16.8 Å². The number of hydrogen-bond donors (Lipinski definition) is 0. The van der Waals surface area contributed by atoms with Crippen LogP contribution in [0.5, 0.6) is 0 Å². The van der Waals surface area contributed by atoms with E-state index in [0.29, 0.717) is 17.6 Å². The Balaban J connectivity index is 1.84. The highest BCUT2D eigenvalue weighted by molar-refractivity contribution is 5.89. The normalized spacial score (nSPS) is 18.8. The van der Waals surface area contributed by atoms with Gasteiger partial charge in [-0.05, 0) is 31.4 Å². The van der Waals surface area contributed by atoms with Crippen LogP contribution < -0.4 is 0 Å². The Hall–Kier alpha value is -2.17. The Labute approximate surface area is 116 Å². The van der Waals surface area contributed by atoms with E-state index >= 15 is 0 Å². The number of rotatable bonds is 4. The van der Waals surface area contributed by atoms with Crippen LogP contribution in [0, 0.1) is 16.0 Å². The lowest BCUT2D eigenvalue weighted by Gasteiger charge is -2.09. The third-order valence-corrected chi connectivity index (χ3v) is 4.14. The highest BCUT2D eigenvalue weighted by Crippen LogP contribution is 2.28. The molecule has 5 heteroatoms. The van der Waals surface area contributed by atoms with Crippen LogP contribution in [0.2, 0.25) is 0 Å². The topological polar surface area (TPSA) is 65.1 Å². The Morgan fingerprint density at radius 3 is 2.90 bits per heavy atom. The van der Waals surface area contributed by atoms with E-state index in [9.17, 15) is 14.9 Å². The van der Waals surface area contributed by atoms with Gasteiger partial charge in [-0.15, -0.1) is 0 Å². The molecule has 0 radical (unpaired) electrons. The molecule has 1 heterocycles. The molecule has 1 unspecified atom stereocenters. The first-order chi connectivity index (χ1) is 9.66. The third-order valence-electron chi connectivity index (χ3n) is 4.14. The quantitative estimate of drug-likeness (QED) is 0.633. The fourth-order valence-corrected chi connectivity index (χ4v) is 3.05. The Morgan fingerprint density at radius 2 is 2.20 bits per heavy atom. The van der Waals surface area contributed by atoms with Gasteiger partial charge in [0.05, 0.1) is 15.8 Å². The summed E-state index contributed by atoms with van der Waals surface area (Å²) < 4.78 is 2.01.